The molecule has 0 aromatic heterocycles. The van der Waals surface area contributed by atoms with Gasteiger partial charge in [0.1, 0.15) is 5.82 Å². The zero-order valence-electron chi connectivity index (χ0n) is 7.40. The Hall–Kier alpha value is -0.600. The maximum Gasteiger partial charge on any atom is 0.131 e. The molecule has 1 aliphatic carbocycles. The van der Waals surface area contributed by atoms with Crippen LogP contribution in [0.5, 0.6) is 0 Å². The molecule has 70 valence electrons. The Morgan fingerprint density at radius 1 is 1.46 bits per heavy atom. The third kappa shape index (κ3) is 1.45. The molecule has 2 rings (SSSR count). The topological polar surface area (TPSA) is 26.0 Å². The molecular formula is C10H11ClFN. The lowest BCUT2D eigenvalue weighted by Crippen LogP contribution is -2.20. The van der Waals surface area contributed by atoms with Gasteiger partial charge in [-0.2, -0.15) is 0 Å². The van der Waals surface area contributed by atoms with Crippen LogP contribution < -0.4 is 5.73 Å². The Balaban J connectivity index is 2.56. The lowest BCUT2D eigenvalue weighted by molar-refractivity contribution is 0.570. The maximum atomic E-state index is 13.6. The second-order valence-corrected chi connectivity index (χ2v) is 4.18. The Morgan fingerprint density at radius 2 is 2.08 bits per heavy atom. The first-order valence-corrected chi connectivity index (χ1v) is 4.66. The standard InChI is InChI=1S/C10H11ClFN/c1-6-4-7(11)5-8(9(6)12)10(13)2-3-10/h4-5H,2-3,13H2,1H3. The van der Waals surface area contributed by atoms with E-state index in [2.05, 4.69) is 0 Å². The number of hydrogen-bond donors (Lipinski definition) is 1. The van der Waals surface area contributed by atoms with Gasteiger partial charge in [-0.25, -0.2) is 4.39 Å². The van der Waals surface area contributed by atoms with Crippen molar-refractivity contribution in [2.75, 3.05) is 0 Å². The van der Waals surface area contributed by atoms with Gasteiger partial charge in [-0.3, -0.25) is 0 Å². The monoisotopic (exact) mass is 199 g/mol. The first-order chi connectivity index (χ1) is 6.03. The van der Waals surface area contributed by atoms with E-state index in [1.165, 1.54) is 0 Å². The highest BCUT2D eigenvalue weighted by molar-refractivity contribution is 6.30. The van der Waals surface area contributed by atoms with Gasteiger partial charge in [0.2, 0.25) is 0 Å². The molecule has 1 fully saturated rings. The van der Waals surface area contributed by atoms with Crippen LogP contribution in [0.15, 0.2) is 12.1 Å². The summed E-state index contributed by atoms with van der Waals surface area (Å²) in [6.45, 7) is 1.70. The van der Waals surface area contributed by atoms with Crippen LogP contribution in [0.4, 0.5) is 4.39 Å². The first-order valence-electron chi connectivity index (χ1n) is 4.28. The highest BCUT2D eigenvalue weighted by atomic mass is 35.5. The fourth-order valence-electron chi connectivity index (χ4n) is 1.49. The van der Waals surface area contributed by atoms with Crippen LogP contribution in [-0.2, 0) is 5.54 Å². The van der Waals surface area contributed by atoms with Gasteiger partial charge >= 0.3 is 0 Å². The molecule has 1 aliphatic rings. The van der Waals surface area contributed by atoms with Gasteiger partial charge in [-0.15, -0.1) is 0 Å². The molecule has 0 aliphatic heterocycles. The highest BCUT2D eigenvalue weighted by Gasteiger charge is 2.42. The molecule has 1 aromatic rings. The van der Waals surface area contributed by atoms with E-state index in [-0.39, 0.29) is 5.82 Å². The van der Waals surface area contributed by atoms with E-state index in [9.17, 15) is 4.39 Å². The number of rotatable bonds is 1. The van der Waals surface area contributed by atoms with Crippen molar-refractivity contribution in [2.24, 2.45) is 5.73 Å². The van der Waals surface area contributed by atoms with Gasteiger partial charge in [-0.05, 0) is 37.5 Å². The molecule has 0 unspecified atom stereocenters. The molecule has 0 radical (unpaired) electrons. The minimum Gasteiger partial charge on any atom is -0.321 e. The molecule has 2 N–H and O–H groups in total. The van der Waals surface area contributed by atoms with Crippen molar-refractivity contribution in [2.45, 2.75) is 25.3 Å². The van der Waals surface area contributed by atoms with Crippen LogP contribution in [0.1, 0.15) is 24.0 Å². The van der Waals surface area contributed by atoms with Crippen molar-refractivity contribution in [3.8, 4) is 0 Å². The van der Waals surface area contributed by atoms with Crippen LogP contribution in [0.25, 0.3) is 0 Å². The van der Waals surface area contributed by atoms with Crippen LogP contribution in [0.2, 0.25) is 5.02 Å². The number of benzene rings is 1. The molecule has 1 nitrogen and oxygen atoms in total. The summed E-state index contributed by atoms with van der Waals surface area (Å²) in [6, 6.07) is 3.25. The van der Waals surface area contributed by atoms with Crippen LogP contribution in [0, 0.1) is 12.7 Å². The summed E-state index contributed by atoms with van der Waals surface area (Å²) in [5, 5.41) is 0.561. The Bertz CT molecular complexity index is 358. The summed E-state index contributed by atoms with van der Waals surface area (Å²) >= 11 is 5.83. The van der Waals surface area contributed by atoms with Crippen molar-refractivity contribution in [3.63, 3.8) is 0 Å². The minimum absolute atomic E-state index is 0.204. The molecule has 1 aromatic carbocycles. The minimum atomic E-state index is -0.445. The van der Waals surface area contributed by atoms with Crippen LogP contribution in [0.3, 0.4) is 0 Å². The average Bonchev–Trinajstić information content (AvgIpc) is 2.77. The number of halogens is 2. The summed E-state index contributed by atoms with van der Waals surface area (Å²) in [5.74, 6) is -0.204. The molecular weight excluding hydrogens is 189 g/mol. The Morgan fingerprint density at radius 3 is 2.62 bits per heavy atom. The van der Waals surface area contributed by atoms with Crippen LogP contribution >= 0.6 is 11.6 Å². The molecule has 13 heavy (non-hydrogen) atoms. The summed E-state index contributed by atoms with van der Waals surface area (Å²) < 4.78 is 13.6. The lowest BCUT2D eigenvalue weighted by atomic mass is 10.0. The third-order valence-electron chi connectivity index (χ3n) is 2.54. The SMILES string of the molecule is Cc1cc(Cl)cc(C2(N)CC2)c1F. The smallest absolute Gasteiger partial charge is 0.131 e. The molecule has 3 heteroatoms. The molecule has 0 amide bonds. The van der Waals surface area contributed by atoms with E-state index in [1.54, 1.807) is 19.1 Å². The van der Waals surface area contributed by atoms with Gasteiger partial charge in [0.05, 0.1) is 0 Å². The second kappa shape index (κ2) is 2.69. The van der Waals surface area contributed by atoms with Gasteiger partial charge in [0, 0.05) is 16.1 Å². The van der Waals surface area contributed by atoms with Crippen molar-refractivity contribution in [3.05, 3.63) is 34.1 Å². The summed E-state index contributed by atoms with van der Waals surface area (Å²) in [4.78, 5) is 0. The fourth-order valence-corrected chi connectivity index (χ4v) is 1.76. The molecule has 0 saturated heterocycles. The molecule has 0 bridgehead atoms. The van der Waals surface area contributed by atoms with Crippen LogP contribution in [-0.4, -0.2) is 0 Å². The highest BCUT2D eigenvalue weighted by Crippen LogP contribution is 2.44. The third-order valence-corrected chi connectivity index (χ3v) is 2.76. The summed E-state index contributed by atoms with van der Waals surface area (Å²) in [7, 11) is 0. The largest absolute Gasteiger partial charge is 0.321 e. The summed E-state index contributed by atoms with van der Waals surface area (Å²) in [5.41, 5.74) is 6.60. The molecule has 1 saturated carbocycles. The van der Waals surface area contributed by atoms with E-state index < -0.39 is 5.54 Å². The normalized spacial score (nSPS) is 18.8. The van der Waals surface area contributed by atoms with Crippen molar-refractivity contribution in [1.82, 2.24) is 0 Å². The zero-order valence-corrected chi connectivity index (χ0v) is 8.16. The molecule has 0 spiro atoms. The van der Waals surface area contributed by atoms with E-state index in [0.717, 1.165) is 12.8 Å². The Kier molecular flexibility index (Phi) is 1.86. The first kappa shape index (κ1) is 8.97. The van der Waals surface area contributed by atoms with Gasteiger partial charge in [0.25, 0.3) is 0 Å². The van der Waals surface area contributed by atoms with Crippen molar-refractivity contribution < 1.29 is 4.39 Å². The number of nitrogens with two attached hydrogens (primary N) is 1. The number of aryl methyl sites for hydroxylation is 1. The maximum absolute atomic E-state index is 13.6. The van der Waals surface area contributed by atoms with E-state index in [0.29, 0.717) is 16.1 Å². The average molecular weight is 200 g/mol. The number of hydrogen-bond acceptors (Lipinski definition) is 1. The Labute approximate surface area is 81.7 Å². The van der Waals surface area contributed by atoms with E-state index in [1.807, 2.05) is 0 Å². The van der Waals surface area contributed by atoms with Crippen molar-refractivity contribution >= 4 is 11.6 Å². The van der Waals surface area contributed by atoms with E-state index in [4.69, 9.17) is 17.3 Å². The fraction of sp³-hybridized carbons (Fsp3) is 0.400. The van der Waals surface area contributed by atoms with Gasteiger partial charge in [-0.1, -0.05) is 11.6 Å². The summed E-state index contributed by atoms with van der Waals surface area (Å²) in [6.07, 6.45) is 1.70. The lowest BCUT2D eigenvalue weighted by Gasteiger charge is -2.12. The molecule has 0 heterocycles. The predicted molar refractivity (Wildman–Crippen MR) is 51.2 cm³/mol. The zero-order chi connectivity index (χ0) is 9.64. The van der Waals surface area contributed by atoms with Gasteiger partial charge in [0.15, 0.2) is 0 Å². The quantitative estimate of drug-likeness (QED) is 0.740. The molecule has 0 atom stereocenters. The second-order valence-electron chi connectivity index (χ2n) is 3.74. The van der Waals surface area contributed by atoms with Gasteiger partial charge < -0.3 is 5.73 Å². The van der Waals surface area contributed by atoms with E-state index >= 15 is 0 Å². The predicted octanol–water partition coefficient (Wildman–Crippen LogP) is 2.74. The van der Waals surface area contributed by atoms with Crippen molar-refractivity contribution in [1.29, 1.82) is 0 Å².